The number of nitrogens with two attached hydrogens (primary N) is 1. The number of rotatable bonds is 2. The van der Waals surface area contributed by atoms with Crippen LogP contribution >= 0.6 is 0 Å². The second kappa shape index (κ2) is 5.61. The standard InChI is InChI=1S/C15H21N5/c1-11-8-9-12(16)10-14(11)15-17-18-19-20(15)13-6-4-2-3-5-7-13/h8-10,13H,2-7,16H2,1H3. The number of anilines is 1. The van der Waals surface area contributed by atoms with Crippen LogP contribution in [0.2, 0.25) is 0 Å². The first-order valence-electron chi connectivity index (χ1n) is 7.40. The van der Waals surface area contributed by atoms with E-state index in [1.54, 1.807) is 0 Å². The summed E-state index contributed by atoms with van der Waals surface area (Å²) in [4.78, 5) is 0. The van der Waals surface area contributed by atoms with Crippen molar-refractivity contribution in [3.63, 3.8) is 0 Å². The van der Waals surface area contributed by atoms with Crippen molar-refractivity contribution in [2.75, 3.05) is 5.73 Å². The van der Waals surface area contributed by atoms with Crippen molar-refractivity contribution >= 4 is 5.69 Å². The highest BCUT2D eigenvalue weighted by Crippen LogP contribution is 2.31. The number of aryl methyl sites for hydroxylation is 1. The lowest BCUT2D eigenvalue weighted by Gasteiger charge is -2.16. The SMILES string of the molecule is Cc1ccc(N)cc1-c1nnnn1C1CCCCCC1. The summed E-state index contributed by atoms with van der Waals surface area (Å²) >= 11 is 0. The lowest BCUT2D eigenvalue weighted by molar-refractivity contribution is 0.400. The highest BCUT2D eigenvalue weighted by atomic mass is 15.5. The smallest absolute Gasteiger partial charge is 0.182 e. The maximum Gasteiger partial charge on any atom is 0.182 e. The molecule has 0 unspecified atom stereocenters. The van der Waals surface area contributed by atoms with Crippen LogP contribution in [0.1, 0.15) is 50.1 Å². The molecule has 3 rings (SSSR count). The van der Waals surface area contributed by atoms with Crippen LogP contribution in [0.25, 0.3) is 11.4 Å². The van der Waals surface area contributed by atoms with Gasteiger partial charge in [0.05, 0.1) is 6.04 Å². The van der Waals surface area contributed by atoms with E-state index in [0.717, 1.165) is 22.6 Å². The minimum absolute atomic E-state index is 0.420. The molecule has 0 amide bonds. The van der Waals surface area contributed by atoms with Crippen LogP contribution in [0.5, 0.6) is 0 Å². The first-order chi connectivity index (χ1) is 9.75. The minimum atomic E-state index is 0.420. The molecule has 0 radical (unpaired) electrons. The second-order valence-corrected chi connectivity index (χ2v) is 5.67. The van der Waals surface area contributed by atoms with E-state index in [0.29, 0.717) is 6.04 Å². The summed E-state index contributed by atoms with van der Waals surface area (Å²) in [5.74, 6) is 0.849. The Bertz CT molecular complexity index is 582. The molecule has 1 heterocycles. The van der Waals surface area contributed by atoms with Crippen molar-refractivity contribution in [2.45, 2.75) is 51.5 Å². The van der Waals surface area contributed by atoms with E-state index < -0.39 is 0 Å². The molecule has 0 spiro atoms. The van der Waals surface area contributed by atoms with Gasteiger partial charge in [0.15, 0.2) is 5.82 Å². The second-order valence-electron chi connectivity index (χ2n) is 5.67. The molecule has 5 heteroatoms. The van der Waals surface area contributed by atoms with E-state index in [2.05, 4.69) is 22.4 Å². The van der Waals surface area contributed by atoms with Crippen LogP contribution < -0.4 is 5.73 Å². The molecule has 1 aromatic carbocycles. The number of hydrogen-bond acceptors (Lipinski definition) is 4. The van der Waals surface area contributed by atoms with Crippen molar-refractivity contribution in [1.29, 1.82) is 0 Å². The van der Waals surface area contributed by atoms with Gasteiger partial charge in [-0.05, 0) is 47.9 Å². The lowest BCUT2D eigenvalue weighted by Crippen LogP contribution is -2.12. The molecule has 0 atom stereocenters. The molecule has 1 aromatic heterocycles. The molecule has 2 N–H and O–H groups in total. The average molecular weight is 271 g/mol. The minimum Gasteiger partial charge on any atom is -0.399 e. The molecule has 106 valence electrons. The predicted octanol–water partition coefficient (Wildman–Crippen LogP) is 3.13. The number of nitrogens with zero attached hydrogens (tertiary/aromatic N) is 4. The Morgan fingerprint density at radius 2 is 1.90 bits per heavy atom. The van der Waals surface area contributed by atoms with E-state index in [1.807, 2.05) is 22.9 Å². The predicted molar refractivity (Wildman–Crippen MR) is 79.1 cm³/mol. The molecule has 1 aliphatic rings. The number of aromatic nitrogens is 4. The third kappa shape index (κ3) is 2.53. The Morgan fingerprint density at radius 3 is 2.65 bits per heavy atom. The highest BCUT2D eigenvalue weighted by molar-refractivity contribution is 5.65. The van der Waals surface area contributed by atoms with Gasteiger partial charge in [-0.15, -0.1) is 5.10 Å². The molecule has 1 aliphatic carbocycles. The largest absolute Gasteiger partial charge is 0.399 e. The third-order valence-corrected chi connectivity index (χ3v) is 4.17. The number of tetrazole rings is 1. The summed E-state index contributed by atoms with van der Waals surface area (Å²) < 4.78 is 2.01. The molecule has 2 aromatic rings. The molecule has 0 bridgehead atoms. The first-order valence-corrected chi connectivity index (χ1v) is 7.40. The summed E-state index contributed by atoms with van der Waals surface area (Å²) in [6.07, 6.45) is 7.51. The third-order valence-electron chi connectivity index (χ3n) is 4.17. The topological polar surface area (TPSA) is 69.6 Å². The highest BCUT2D eigenvalue weighted by Gasteiger charge is 2.20. The fraction of sp³-hybridized carbons (Fsp3) is 0.533. The zero-order valence-electron chi connectivity index (χ0n) is 11.9. The van der Waals surface area contributed by atoms with Crippen LogP contribution in [0.15, 0.2) is 18.2 Å². The van der Waals surface area contributed by atoms with Gasteiger partial charge in [-0.3, -0.25) is 0 Å². The van der Waals surface area contributed by atoms with Crippen molar-refractivity contribution < 1.29 is 0 Å². The summed E-state index contributed by atoms with van der Waals surface area (Å²) in [5, 5.41) is 12.4. The van der Waals surface area contributed by atoms with Crippen LogP contribution in [-0.4, -0.2) is 20.2 Å². The maximum absolute atomic E-state index is 5.91. The fourth-order valence-electron chi connectivity index (χ4n) is 3.00. The van der Waals surface area contributed by atoms with Gasteiger partial charge >= 0.3 is 0 Å². The summed E-state index contributed by atoms with van der Waals surface area (Å²) in [6.45, 7) is 2.07. The van der Waals surface area contributed by atoms with Crippen LogP contribution in [0.4, 0.5) is 5.69 Å². The molecule has 1 fully saturated rings. The van der Waals surface area contributed by atoms with Gasteiger partial charge < -0.3 is 5.73 Å². The molecule has 20 heavy (non-hydrogen) atoms. The maximum atomic E-state index is 5.91. The Labute approximate surface area is 119 Å². The molecular weight excluding hydrogens is 250 g/mol. The number of hydrogen-bond donors (Lipinski definition) is 1. The van der Waals surface area contributed by atoms with E-state index in [1.165, 1.54) is 38.5 Å². The number of benzene rings is 1. The van der Waals surface area contributed by atoms with Gasteiger partial charge in [0, 0.05) is 11.3 Å². The van der Waals surface area contributed by atoms with Gasteiger partial charge in [-0.2, -0.15) is 0 Å². The molecular formula is C15H21N5. The zero-order chi connectivity index (χ0) is 13.9. The van der Waals surface area contributed by atoms with Crippen molar-refractivity contribution in [3.8, 4) is 11.4 Å². The summed E-state index contributed by atoms with van der Waals surface area (Å²) in [5.41, 5.74) is 8.86. The van der Waals surface area contributed by atoms with E-state index in [-0.39, 0.29) is 0 Å². The normalized spacial score (nSPS) is 17.1. The van der Waals surface area contributed by atoms with Crippen molar-refractivity contribution in [2.24, 2.45) is 0 Å². The van der Waals surface area contributed by atoms with E-state index in [9.17, 15) is 0 Å². The zero-order valence-corrected chi connectivity index (χ0v) is 11.9. The Morgan fingerprint density at radius 1 is 1.15 bits per heavy atom. The van der Waals surface area contributed by atoms with E-state index >= 15 is 0 Å². The van der Waals surface area contributed by atoms with Gasteiger partial charge in [-0.1, -0.05) is 31.7 Å². The van der Waals surface area contributed by atoms with Gasteiger partial charge in [-0.25, -0.2) is 4.68 Å². The summed E-state index contributed by atoms with van der Waals surface area (Å²) in [6, 6.07) is 6.33. The van der Waals surface area contributed by atoms with Gasteiger partial charge in [0.25, 0.3) is 0 Å². The monoisotopic (exact) mass is 271 g/mol. The fourth-order valence-corrected chi connectivity index (χ4v) is 3.00. The van der Waals surface area contributed by atoms with Gasteiger partial charge in [0.2, 0.25) is 0 Å². The lowest BCUT2D eigenvalue weighted by atomic mass is 10.1. The number of nitrogen functional groups attached to an aromatic ring is 1. The molecule has 0 aliphatic heterocycles. The average Bonchev–Trinajstić information content (AvgIpc) is 2.76. The van der Waals surface area contributed by atoms with Crippen molar-refractivity contribution in [1.82, 2.24) is 20.2 Å². The van der Waals surface area contributed by atoms with Crippen LogP contribution in [0, 0.1) is 6.92 Å². The first kappa shape index (κ1) is 13.1. The Hall–Kier alpha value is -1.91. The molecule has 0 saturated heterocycles. The molecule has 1 saturated carbocycles. The van der Waals surface area contributed by atoms with Crippen LogP contribution in [0.3, 0.4) is 0 Å². The van der Waals surface area contributed by atoms with Crippen LogP contribution in [-0.2, 0) is 0 Å². The molecule has 5 nitrogen and oxygen atoms in total. The quantitative estimate of drug-likeness (QED) is 0.673. The Balaban J connectivity index is 1.98. The Kier molecular flexibility index (Phi) is 3.67. The van der Waals surface area contributed by atoms with Gasteiger partial charge in [0.1, 0.15) is 0 Å². The van der Waals surface area contributed by atoms with E-state index in [4.69, 9.17) is 5.73 Å². The van der Waals surface area contributed by atoms with Crippen molar-refractivity contribution in [3.05, 3.63) is 23.8 Å². The summed E-state index contributed by atoms with van der Waals surface area (Å²) in [7, 11) is 0.